The van der Waals surface area contributed by atoms with Gasteiger partial charge in [0.25, 0.3) is 5.91 Å². The van der Waals surface area contributed by atoms with Gasteiger partial charge in [-0.1, -0.05) is 18.2 Å². The highest BCUT2D eigenvalue weighted by Crippen LogP contribution is 2.29. The van der Waals surface area contributed by atoms with Crippen LogP contribution in [0.5, 0.6) is 0 Å². The van der Waals surface area contributed by atoms with E-state index in [-0.39, 0.29) is 5.91 Å². The zero-order chi connectivity index (χ0) is 18.7. The molecule has 1 aliphatic heterocycles. The molecular weight excluding hydrogens is 340 g/mol. The lowest BCUT2D eigenvalue weighted by molar-refractivity contribution is -0.142. The van der Waals surface area contributed by atoms with Gasteiger partial charge in [0, 0.05) is 37.7 Å². The lowest BCUT2D eigenvalue weighted by Gasteiger charge is -2.39. The SMILES string of the molecule is CN(Cc1cnn(-c2ccccc2)c1)C(=O)C1(n2cccn2)CCNCC1. The Morgan fingerprint density at radius 2 is 1.96 bits per heavy atom. The molecule has 140 valence electrons. The third-order valence-electron chi connectivity index (χ3n) is 5.20. The Hall–Kier alpha value is -2.93. The van der Waals surface area contributed by atoms with E-state index in [0.717, 1.165) is 37.2 Å². The number of likely N-dealkylation sites (N-methyl/N-ethyl adjacent to an activating group) is 1. The molecule has 1 saturated heterocycles. The summed E-state index contributed by atoms with van der Waals surface area (Å²) in [5, 5.41) is 12.2. The number of benzene rings is 1. The van der Waals surface area contributed by atoms with Crippen molar-refractivity contribution < 1.29 is 4.79 Å². The zero-order valence-corrected chi connectivity index (χ0v) is 15.5. The van der Waals surface area contributed by atoms with Crippen molar-refractivity contribution in [2.75, 3.05) is 20.1 Å². The first-order chi connectivity index (χ1) is 13.2. The van der Waals surface area contributed by atoms with Crippen LogP contribution in [0.1, 0.15) is 18.4 Å². The average Bonchev–Trinajstić information content (AvgIpc) is 3.41. The topological polar surface area (TPSA) is 68.0 Å². The summed E-state index contributed by atoms with van der Waals surface area (Å²) in [6.45, 7) is 2.14. The van der Waals surface area contributed by atoms with Crippen LogP contribution < -0.4 is 5.32 Å². The van der Waals surface area contributed by atoms with Crippen molar-refractivity contribution in [3.05, 3.63) is 66.7 Å². The van der Waals surface area contributed by atoms with E-state index < -0.39 is 5.54 Å². The number of amides is 1. The third-order valence-corrected chi connectivity index (χ3v) is 5.20. The van der Waals surface area contributed by atoms with Crippen LogP contribution >= 0.6 is 0 Å². The summed E-state index contributed by atoms with van der Waals surface area (Å²) in [5.41, 5.74) is 1.39. The first-order valence-corrected chi connectivity index (χ1v) is 9.24. The van der Waals surface area contributed by atoms with E-state index in [1.807, 2.05) is 71.4 Å². The summed E-state index contributed by atoms with van der Waals surface area (Å²) in [5.74, 6) is 0.0974. The molecule has 2 aromatic heterocycles. The third kappa shape index (κ3) is 3.38. The number of nitrogens with zero attached hydrogens (tertiary/aromatic N) is 5. The van der Waals surface area contributed by atoms with Crippen molar-refractivity contribution in [2.24, 2.45) is 0 Å². The number of para-hydroxylation sites is 1. The second-order valence-corrected chi connectivity index (χ2v) is 7.02. The molecule has 1 aromatic carbocycles. The fourth-order valence-corrected chi connectivity index (χ4v) is 3.77. The van der Waals surface area contributed by atoms with Crippen LogP contribution in [0, 0.1) is 0 Å². The second kappa shape index (κ2) is 7.36. The normalized spacial score (nSPS) is 16.2. The first-order valence-electron chi connectivity index (χ1n) is 9.24. The van der Waals surface area contributed by atoms with Gasteiger partial charge in [-0.25, -0.2) is 4.68 Å². The van der Waals surface area contributed by atoms with Crippen LogP contribution in [0.4, 0.5) is 0 Å². The van der Waals surface area contributed by atoms with Crippen molar-refractivity contribution >= 4 is 5.91 Å². The van der Waals surface area contributed by atoms with Gasteiger partial charge in [0.15, 0.2) is 0 Å². The quantitative estimate of drug-likeness (QED) is 0.750. The Morgan fingerprint density at radius 3 is 2.67 bits per heavy atom. The standard InChI is InChI=1S/C20H24N6O/c1-24(15-17-14-23-25(16-17)18-6-3-2-4-7-18)19(27)20(8-11-21-12-9-20)26-13-5-10-22-26/h2-7,10,13-14,16,21H,8-9,11-12,15H2,1H3. The highest BCUT2D eigenvalue weighted by molar-refractivity contribution is 5.84. The molecule has 0 saturated carbocycles. The molecule has 3 aromatic rings. The summed E-state index contributed by atoms with van der Waals surface area (Å²) in [7, 11) is 1.86. The number of carbonyl (C=O) groups excluding carboxylic acids is 1. The molecular formula is C20H24N6O. The predicted octanol–water partition coefficient (Wildman–Crippen LogP) is 1.81. The summed E-state index contributed by atoms with van der Waals surface area (Å²) in [6.07, 6.45) is 8.90. The minimum atomic E-state index is -0.612. The fraction of sp³-hybridized carbons (Fsp3) is 0.350. The Morgan fingerprint density at radius 1 is 1.19 bits per heavy atom. The molecule has 1 fully saturated rings. The Bertz CT molecular complexity index is 880. The van der Waals surface area contributed by atoms with Gasteiger partial charge in [0.1, 0.15) is 5.54 Å². The van der Waals surface area contributed by atoms with Crippen molar-refractivity contribution in [3.8, 4) is 5.69 Å². The van der Waals surface area contributed by atoms with Gasteiger partial charge in [0.05, 0.1) is 11.9 Å². The largest absolute Gasteiger partial charge is 0.339 e. The van der Waals surface area contributed by atoms with E-state index in [4.69, 9.17) is 0 Å². The van der Waals surface area contributed by atoms with Gasteiger partial charge in [-0.3, -0.25) is 9.48 Å². The molecule has 27 heavy (non-hydrogen) atoms. The highest BCUT2D eigenvalue weighted by Gasteiger charge is 2.43. The van der Waals surface area contributed by atoms with Crippen LogP contribution in [-0.2, 0) is 16.9 Å². The molecule has 0 spiro atoms. The molecule has 1 N–H and O–H groups in total. The minimum Gasteiger partial charge on any atom is -0.339 e. The Labute approximate surface area is 158 Å². The average molecular weight is 364 g/mol. The van der Waals surface area contributed by atoms with Gasteiger partial charge >= 0.3 is 0 Å². The fourth-order valence-electron chi connectivity index (χ4n) is 3.77. The molecule has 7 heteroatoms. The summed E-state index contributed by atoms with van der Waals surface area (Å²) in [6, 6.07) is 11.8. The van der Waals surface area contributed by atoms with E-state index in [1.54, 1.807) is 11.1 Å². The van der Waals surface area contributed by atoms with Gasteiger partial charge < -0.3 is 10.2 Å². The molecule has 7 nitrogen and oxygen atoms in total. The summed E-state index contributed by atoms with van der Waals surface area (Å²) >= 11 is 0. The number of carbonyl (C=O) groups is 1. The lowest BCUT2D eigenvalue weighted by Crippen LogP contribution is -2.54. The van der Waals surface area contributed by atoms with Gasteiger partial charge in [-0.2, -0.15) is 10.2 Å². The van der Waals surface area contributed by atoms with E-state index in [9.17, 15) is 4.79 Å². The van der Waals surface area contributed by atoms with Gasteiger partial charge in [0.2, 0.25) is 0 Å². The van der Waals surface area contributed by atoms with Crippen LogP contribution in [0.2, 0.25) is 0 Å². The number of rotatable bonds is 5. The molecule has 0 unspecified atom stereocenters. The number of hydrogen-bond acceptors (Lipinski definition) is 4. The molecule has 4 rings (SSSR count). The predicted molar refractivity (Wildman–Crippen MR) is 102 cm³/mol. The summed E-state index contributed by atoms with van der Waals surface area (Å²) < 4.78 is 3.67. The second-order valence-electron chi connectivity index (χ2n) is 7.02. The number of piperidine rings is 1. The first kappa shape index (κ1) is 17.5. The van der Waals surface area contributed by atoms with Crippen LogP contribution in [-0.4, -0.2) is 50.5 Å². The maximum absolute atomic E-state index is 13.4. The number of aromatic nitrogens is 4. The maximum Gasteiger partial charge on any atom is 0.250 e. The summed E-state index contributed by atoms with van der Waals surface area (Å²) in [4.78, 5) is 15.2. The van der Waals surface area contributed by atoms with Gasteiger partial charge in [-0.05, 0) is 44.1 Å². The smallest absolute Gasteiger partial charge is 0.250 e. The van der Waals surface area contributed by atoms with Crippen molar-refractivity contribution in [2.45, 2.75) is 24.9 Å². The van der Waals surface area contributed by atoms with Crippen LogP contribution in [0.3, 0.4) is 0 Å². The molecule has 3 heterocycles. The van der Waals surface area contributed by atoms with Crippen molar-refractivity contribution in [1.29, 1.82) is 0 Å². The number of hydrogen-bond donors (Lipinski definition) is 1. The number of nitrogens with one attached hydrogen (secondary N) is 1. The van der Waals surface area contributed by atoms with Gasteiger partial charge in [-0.15, -0.1) is 0 Å². The molecule has 1 amide bonds. The Kier molecular flexibility index (Phi) is 4.77. The minimum absolute atomic E-state index is 0.0974. The van der Waals surface area contributed by atoms with E-state index in [1.165, 1.54) is 0 Å². The van der Waals surface area contributed by atoms with Crippen molar-refractivity contribution in [3.63, 3.8) is 0 Å². The zero-order valence-electron chi connectivity index (χ0n) is 15.5. The van der Waals surface area contributed by atoms with Crippen molar-refractivity contribution in [1.82, 2.24) is 29.8 Å². The van der Waals surface area contributed by atoms with E-state index in [0.29, 0.717) is 6.54 Å². The maximum atomic E-state index is 13.4. The van der Waals surface area contributed by atoms with E-state index >= 15 is 0 Å². The molecule has 0 radical (unpaired) electrons. The monoisotopic (exact) mass is 364 g/mol. The molecule has 0 bridgehead atoms. The Balaban J connectivity index is 1.53. The van der Waals surface area contributed by atoms with E-state index in [2.05, 4.69) is 15.5 Å². The van der Waals surface area contributed by atoms with Crippen LogP contribution in [0.15, 0.2) is 61.2 Å². The lowest BCUT2D eigenvalue weighted by atomic mass is 9.87. The molecule has 0 atom stereocenters. The molecule has 0 aliphatic carbocycles. The van der Waals surface area contributed by atoms with Crippen LogP contribution in [0.25, 0.3) is 5.69 Å². The molecule has 1 aliphatic rings. The highest BCUT2D eigenvalue weighted by atomic mass is 16.2.